The number of aromatic nitrogens is 3. The van der Waals surface area contributed by atoms with E-state index in [1.54, 1.807) is 22.7 Å². The number of carbonyl (C=O) groups is 1. The molecule has 0 atom stereocenters. The average Bonchev–Trinajstić information content (AvgIpc) is 3.24. The molecule has 0 aliphatic heterocycles. The van der Waals surface area contributed by atoms with E-state index in [2.05, 4.69) is 15.4 Å². The predicted molar refractivity (Wildman–Crippen MR) is 98.7 cm³/mol. The van der Waals surface area contributed by atoms with Crippen LogP contribution in [0.4, 0.5) is 8.78 Å². The largest absolute Gasteiger partial charge is 0.352 e. The Hall–Kier alpha value is -3.13. The molecule has 4 rings (SSSR count). The van der Waals surface area contributed by atoms with E-state index in [0.717, 1.165) is 5.69 Å². The number of hydrogen-bond donors (Lipinski definition) is 1. The fourth-order valence-electron chi connectivity index (χ4n) is 2.69. The Labute approximate surface area is 157 Å². The Morgan fingerprint density at radius 1 is 1.15 bits per heavy atom. The molecular formula is C19H14F2N4OS. The lowest BCUT2D eigenvalue weighted by Crippen LogP contribution is -2.26. The molecule has 4 aromatic rings. The number of rotatable bonds is 5. The van der Waals surface area contributed by atoms with Crippen LogP contribution >= 0.6 is 11.3 Å². The number of carbonyl (C=O) groups excluding carboxylic acids is 1. The van der Waals surface area contributed by atoms with E-state index in [4.69, 9.17) is 0 Å². The van der Waals surface area contributed by atoms with Gasteiger partial charge in [-0.3, -0.25) is 4.79 Å². The first kappa shape index (κ1) is 17.3. The van der Waals surface area contributed by atoms with Crippen LogP contribution in [0.25, 0.3) is 16.3 Å². The van der Waals surface area contributed by atoms with Gasteiger partial charge < -0.3 is 5.32 Å². The van der Waals surface area contributed by atoms with Crippen LogP contribution in [0.2, 0.25) is 0 Å². The van der Waals surface area contributed by atoms with Gasteiger partial charge in [-0.05, 0) is 24.3 Å². The van der Waals surface area contributed by atoms with E-state index in [0.29, 0.717) is 29.3 Å². The number of benzene rings is 2. The van der Waals surface area contributed by atoms with Gasteiger partial charge in [0, 0.05) is 23.9 Å². The summed E-state index contributed by atoms with van der Waals surface area (Å²) in [7, 11) is 0. The van der Waals surface area contributed by atoms with E-state index in [-0.39, 0.29) is 11.4 Å². The zero-order valence-corrected chi connectivity index (χ0v) is 14.8. The summed E-state index contributed by atoms with van der Waals surface area (Å²) in [5.74, 6) is -0.915. The number of fused-ring (bicyclic) bond motifs is 1. The average molecular weight is 384 g/mol. The minimum Gasteiger partial charge on any atom is -0.352 e. The van der Waals surface area contributed by atoms with E-state index < -0.39 is 11.7 Å². The van der Waals surface area contributed by atoms with E-state index in [1.165, 1.54) is 41.7 Å². The highest BCUT2D eigenvalue weighted by Gasteiger charge is 2.13. The molecule has 1 amide bonds. The van der Waals surface area contributed by atoms with Gasteiger partial charge in [0.25, 0.3) is 5.91 Å². The number of amides is 1. The molecular weight excluding hydrogens is 370 g/mol. The second-order valence-corrected chi connectivity index (χ2v) is 6.69. The third-order valence-electron chi connectivity index (χ3n) is 4.02. The van der Waals surface area contributed by atoms with Crippen LogP contribution in [0.1, 0.15) is 16.1 Å². The molecule has 136 valence electrons. The maximum atomic E-state index is 13.6. The first-order valence-corrected chi connectivity index (χ1v) is 9.11. The lowest BCUT2D eigenvalue weighted by Gasteiger charge is -2.05. The van der Waals surface area contributed by atoms with Crippen molar-refractivity contribution in [3.63, 3.8) is 0 Å². The fraction of sp³-hybridized carbons (Fsp3) is 0.105. The SMILES string of the molecule is O=C(NCCc1csc2nc(-c3cccc(F)c3)nn12)c1ccccc1F. The van der Waals surface area contributed by atoms with Crippen molar-refractivity contribution in [2.75, 3.05) is 6.54 Å². The van der Waals surface area contributed by atoms with Crippen LogP contribution < -0.4 is 5.32 Å². The first-order valence-electron chi connectivity index (χ1n) is 8.23. The second kappa shape index (κ2) is 7.24. The quantitative estimate of drug-likeness (QED) is 0.571. The van der Waals surface area contributed by atoms with Crippen molar-refractivity contribution in [3.05, 3.63) is 76.8 Å². The lowest BCUT2D eigenvalue weighted by atomic mass is 10.2. The highest BCUT2D eigenvalue weighted by atomic mass is 32.1. The zero-order chi connectivity index (χ0) is 18.8. The van der Waals surface area contributed by atoms with Crippen LogP contribution in [0, 0.1) is 11.6 Å². The molecule has 0 saturated carbocycles. The lowest BCUT2D eigenvalue weighted by molar-refractivity contribution is 0.0950. The van der Waals surface area contributed by atoms with Gasteiger partial charge in [-0.2, -0.15) is 4.98 Å². The Morgan fingerprint density at radius 3 is 2.81 bits per heavy atom. The highest BCUT2D eigenvalue weighted by molar-refractivity contribution is 7.15. The van der Waals surface area contributed by atoms with Crippen LogP contribution in [-0.4, -0.2) is 27.0 Å². The van der Waals surface area contributed by atoms with Gasteiger partial charge in [0.1, 0.15) is 11.6 Å². The predicted octanol–water partition coefficient (Wildman–Crippen LogP) is 3.71. The van der Waals surface area contributed by atoms with Crippen LogP contribution in [0.5, 0.6) is 0 Å². The molecule has 8 heteroatoms. The van der Waals surface area contributed by atoms with Gasteiger partial charge in [0.05, 0.1) is 11.3 Å². The molecule has 2 aromatic heterocycles. The summed E-state index contributed by atoms with van der Waals surface area (Å²) in [5.41, 5.74) is 1.48. The molecule has 0 aliphatic rings. The van der Waals surface area contributed by atoms with Crippen LogP contribution in [0.3, 0.4) is 0 Å². The van der Waals surface area contributed by atoms with Crippen LogP contribution in [-0.2, 0) is 6.42 Å². The summed E-state index contributed by atoms with van der Waals surface area (Å²) in [5, 5.41) is 9.04. The number of thiazole rings is 1. The van der Waals surface area contributed by atoms with Crippen molar-refractivity contribution in [1.29, 1.82) is 0 Å². The van der Waals surface area contributed by atoms with E-state index >= 15 is 0 Å². The Kier molecular flexibility index (Phi) is 4.64. The van der Waals surface area contributed by atoms with Crippen molar-refractivity contribution in [3.8, 4) is 11.4 Å². The second-order valence-electron chi connectivity index (χ2n) is 5.85. The van der Waals surface area contributed by atoms with Crippen molar-refractivity contribution in [2.45, 2.75) is 6.42 Å². The van der Waals surface area contributed by atoms with Crippen LogP contribution in [0.15, 0.2) is 53.9 Å². The summed E-state index contributed by atoms with van der Waals surface area (Å²) in [6, 6.07) is 11.9. The van der Waals surface area contributed by atoms with Gasteiger partial charge in [0.15, 0.2) is 5.82 Å². The number of nitrogens with one attached hydrogen (secondary N) is 1. The summed E-state index contributed by atoms with van der Waals surface area (Å²) in [6.45, 7) is 0.328. The van der Waals surface area contributed by atoms with Gasteiger partial charge in [-0.1, -0.05) is 24.3 Å². The van der Waals surface area contributed by atoms with Crippen molar-refractivity contribution >= 4 is 22.2 Å². The summed E-state index contributed by atoms with van der Waals surface area (Å²) < 4.78 is 28.7. The maximum absolute atomic E-state index is 13.6. The minimum atomic E-state index is -0.552. The number of hydrogen-bond acceptors (Lipinski definition) is 4. The maximum Gasteiger partial charge on any atom is 0.254 e. The molecule has 0 aliphatic carbocycles. The molecule has 5 nitrogen and oxygen atoms in total. The molecule has 0 bridgehead atoms. The third kappa shape index (κ3) is 3.56. The molecule has 2 heterocycles. The van der Waals surface area contributed by atoms with Crippen molar-refractivity contribution in [1.82, 2.24) is 19.9 Å². The Bertz CT molecular complexity index is 1120. The molecule has 1 N–H and O–H groups in total. The number of nitrogens with zero attached hydrogens (tertiary/aromatic N) is 3. The zero-order valence-electron chi connectivity index (χ0n) is 14.0. The number of halogens is 2. The van der Waals surface area contributed by atoms with Crippen molar-refractivity contribution in [2.24, 2.45) is 0 Å². The Balaban J connectivity index is 1.47. The fourth-order valence-corrected chi connectivity index (χ4v) is 3.55. The van der Waals surface area contributed by atoms with Gasteiger partial charge in [0.2, 0.25) is 4.96 Å². The normalized spacial score (nSPS) is 11.0. The summed E-state index contributed by atoms with van der Waals surface area (Å²) in [4.78, 5) is 17.2. The monoisotopic (exact) mass is 384 g/mol. The standard InChI is InChI=1S/C19H14F2N4OS/c20-13-5-3-4-12(10-13)17-23-19-25(24-17)14(11-27-19)8-9-22-18(26)15-6-1-2-7-16(15)21/h1-7,10-11H,8-9H2,(H,22,26). The van der Waals surface area contributed by atoms with E-state index in [9.17, 15) is 13.6 Å². The Morgan fingerprint density at radius 2 is 2.00 bits per heavy atom. The van der Waals surface area contributed by atoms with Gasteiger partial charge >= 0.3 is 0 Å². The molecule has 0 radical (unpaired) electrons. The molecule has 0 fully saturated rings. The van der Waals surface area contributed by atoms with Gasteiger partial charge in [-0.25, -0.2) is 13.3 Å². The molecule has 0 unspecified atom stereocenters. The summed E-state index contributed by atoms with van der Waals surface area (Å²) >= 11 is 1.41. The van der Waals surface area contributed by atoms with Gasteiger partial charge in [-0.15, -0.1) is 16.4 Å². The molecule has 0 saturated heterocycles. The molecule has 0 spiro atoms. The smallest absolute Gasteiger partial charge is 0.254 e. The van der Waals surface area contributed by atoms with E-state index in [1.807, 2.05) is 5.38 Å². The summed E-state index contributed by atoms with van der Waals surface area (Å²) in [6.07, 6.45) is 0.506. The first-order chi connectivity index (χ1) is 13.1. The molecule has 27 heavy (non-hydrogen) atoms. The topological polar surface area (TPSA) is 59.3 Å². The van der Waals surface area contributed by atoms with Crippen molar-refractivity contribution < 1.29 is 13.6 Å². The highest BCUT2D eigenvalue weighted by Crippen LogP contribution is 2.21. The third-order valence-corrected chi connectivity index (χ3v) is 4.88. The molecule has 2 aromatic carbocycles. The minimum absolute atomic E-state index is 0.0158.